The number of anilines is 1. The second kappa shape index (κ2) is 7.47. The van der Waals surface area contributed by atoms with Crippen LogP contribution in [0.15, 0.2) is 54.6 Å². The Morgan fingerprint density at radius 1 is 1.00 bits per heavy atom. The first-order valence-corrected chi connectivity index (χ1v) is 8.15. The molecule has 0 aliphatic carbocycles. The molecule has 3 N–H and O–H groups in total. The molecule has 2 amide bonds. The molecular weight excluding hydrogens is 304 g/mol. The monoisotopic (exact) mass is 326 g/mol. The van der Waals surface area contributed by atoms with Crippen molar-refractivity contribution in [1.29, 1.82) is 0 Å². The molecule has 3 rings (SSSR count). The van der Waals surface area contributed by atoms with E-state index in [9.17, 15) is 9.90 Å². The Labute approximate surface area is 141 Å². The van der Waals surface area contributed by atoms with Crippen LogP contribution in [0.3, 0.4) is 0 Å². The fourth-order valence-corrected chi connectivity index (χ4v) is 2.72. The average molecular weight is 326 g/mol. The van der Waals surface area contributed by atoms with Crippen molar-refractivity contribution in [2.75, 3.05) is 25.1 Å². The fourth-order valence-electron chi connectivity index (χ4n) is 2.72. The van der Waals surface area contributed by atoms with Crippen LogP contribution >= 0.6 is 0 Å². The van der Waals surface area contributed by atoms with Crippen molar-refractivity contribution in [3.05, 3.63) is 54.6 Å². The number of rotatable bonds is 4. The van der Waals surface area contributed by atoms with E-state index in [0.717, 1.165) is 11.1 Å². The topological polar surface area (TPSA) is 70.6 Å². The minimum absolute atomic E-state index is 0.226. The van der Waals surface area contributed by atoms with Crippen molar-refractivity contribution >= 4 is 11.7 Å². The standard InChI is InChI=1S/C19H22N2O3/c22-18(20-14-19(23)10-12-24-13-11-19)21-17-8-6-16(7-9-17)15-4-2-1-3-5-15/h1-9,23H,10-14H2,(H2,20,21,22). The van der Waals surface area contributed by atoms with Crippen LogP contribution in [-0.4, -0.2) is 36.5 Å². The minimum atomic E-state index is -0.868. The molecular formula is C19H22N2O3. The molecule has 0 bridgehead atoms. The van der Waals surface area contributed by atoms with E-state index in [1.54, 1.807) is 0 Å². The number of hydrogen-bond donors (Lipinski definition) is 3. The molecule has 5 heteroatoms. The summed E-state index contributed by atoms with van der Waals surface area (Å²) in [5.74, 6) is 0. The molecule has 0 radical (unpaired) electrons. The zero-order valence-corrected chi connectivity index (χ0v) is 13.5. The first-order chi connectivity index (χ1) is 11.6. The van der Waals surface area contributed by atoms with E-state index in [-0.39, 0.29) is 12.6 Å². The van der Waals surface area contributed by atoms with Gasteiger partial charge in [0.2, 0.25) is 0 Å². The number of benzene rings is 2. The number of aliphatic hydroxyl groups is 1. The number of hydrogen-bond acceptors (Lipinski definition) is 3. The van der Waals surface area contributed by atoms with Gasteiger partial charge >= 0.3 is 6.03 Å². The highest BCUT2D eigenvalue weighted by Crippen LogP contribution is 2.21. The van der Waals surface area contributed by atoms with Crippen molar-refractivity contribution in [2.45, 2.75) is 18.4 Å². The highest BCUT2D eigenvalue weighted by atomic mass is 16.5. The lowest BCUT2D eigenvalue weighted by Gasteiger charge is -2.32. The summed E-state index contributed by atoms with van der Waals surface area (Å²) in [5, 5.41) is 15.8. The third-order valence-electron chi connectivity index (χ3n) is 4.25. The molecule has 0 saturated carbocycles. The lowest BCUT2D eigenvalue weighted by molar-refractivity contribution is -0.0598. The van der Waals surface area contributed by atoms with Gasteiger partial charge in [0.15, 0.2) is 0 Å². The second-order valence-electron chi connectivity index (χ2n) is 6.09. The van der Waals surface area contributed by atoms with Crippen LogP contribution in [0, 0.1) is 0 Å². The van der Waals surface area contributed by atoms with Crippen molar-refractivity contribution in [1.82, 2.24) is 5.32 Å². The molecule has 5 nitrogen and oxygen atoms in total. The Balaban J connectivity index is 1.53. The average Bonchev–Trinajstić information content (AvgIpc) is 2.62. The van der Waals surface area contributed by atoms with E-state index < -0.39 is 5.60 Å². The van der Waals surface area contributed by atoms with E-state index in [1.165, 1.54) is 0 Å². The molecule has 1 aliphatic heterocycles. The van der Waals surface area contributed by atoms with E-state index in [4.69, 9.17) is 4.74 Å². The van der Waals surface area contributed by atoms with E-state index in [2.05, 4.69) is 10.6 Å². The number of carbonyl (C=O) groups is 1. The summed E-state index contributed by atoms with van der Waals surface area (Å²) in [4.78, 5) is 12.0. The lowest BCUT2D eigenvalue weighted by Crippen LogP contribution is -2.47. The molecule has 1 aliphatic rings. The van der Waals surface area contributed by atoms with E-state index in [1.807, 2.05) is 54.6 Å². The number of ether oxygens (including phenoxy) is 1. The lowest BCUT2D eigenvalue weighted by atomic mass is 9.94. The predicted octanol–water partition coefficient (Wildman–Crippen LogP) is 3.02. The summed E-state index contributed by atoms with van der Waals surface area (Å²) in [7, 11) is 0. The van der Waals surface area contributed by atoms with Crippen LogP contribution in [-0.2, 0) is 4.74 Å². The number of nitrogens with one attached hydrogen (secondary N) is 2. The normalized spacial score (nSPS) is 16.4. The van der Waals surface area contributed by atoms with Crippen LogP contribution in [0.1, 0.15) is 12.8 Å². The maximum Gasteiger partial charge on any atom is 0.319 e. The third kappa shape index (κ3) is 4.34. The Bertz CT molecular complexity index is 665. The zero-order valence-electron chi connectivity index (χ0n) is 13.5. The van der Waals surface area contributed by atoms with Crippen molar-refractivity contribution < 1.29 is 14.6 Å². The highest BCUT2D eigenvalue weighted by Gasteiger charge is 2.30. The summed E-state index contributed by atoms with van der Waals surface area (Å²) < 4.78 is 5.23. The number of carbonyl (C=O) groups excluding carboxylic acids is 1. The summed E-state index contributed by atoms with van der Waals surface area (Å²) in [6.45, 7) is 1.28. The molecule has 2 aromatic rings. The third-order valence-corrected chi connectivity index (χ3v) is 4.25. The number of amides is 2. The van der Waals surface area contributed by atoms with Gasteiger partial charge in [-0.1, -0.05) is 42.5 Å². The molecule has 2 aromatic carbocycles. The van der Waals surface area contributed by atoms with Gasteiger partial charge in [0.05, 0.1) is 5.60 Å². The van der Waals surface area contributed by atoms with Gasteiger partial charge in [-0.3, -0.25) is 0 Å². The molecule has 0 spiro atoms. The maximum atomic E-state index is 12.0. The molecule has 1 heterocycles. The Morgan fingerprint density at radius 2 is 1.62 bits per heavy atom. The molecule has 0 unspecified atom stereocenters. The molecule has 24 heavy (non-hydrogen) atoms. The highest BCUT2D eigenvalue weighted by molar-refractivity contribution is 5.89. The van der Waals surface area contributed by atoms with Gasteiger partial charge in [-0.15, -0.1) is 0 Å². The van der Waals surface area contributed by atoms with Crippen LogP contribution in [0.2, 0.25) is 0 Å². The van der Waals surface area contributed by atoms with Gasteiger partial charge < -0.3 is 20.5 Å². The Hall–Kier alpha value is -2.37. The number of urea groups is 1. The maximum absolute atomic E-state index is 12.0. The molecule has 0 aromatic heterocycles. The first-order valence-electron chi connectivity index (χ1n) is 8.15. The summed E-state index contributed by atoms with van der Waals surface area (Å²) in [5.41, 5.74) is 2.08. The zero-order chi connectivity index (χ0) is 16.8. The Kier molecular flexibility index (Phi) is 5.13. The van der Waals surface area contributed by atoms with Gasteiger partial charge in [-0.2, -0.15) is 0 Å². The quantitative estimate of drug-likeness (QED) is 0.809. The Morgan fingerprint density at radius 3 is 2.29 bits per heavy atom. The first kappa shape index (κ1) is 16.5. The van der Waals surface area contributed by atoms with Crippen molar-refractivity contribution in [3.8, 4) is 11.1 Å². The van der Waals surface area contributed by atoms with Crippen LogP contribution in [0.4, 0.5) is 10.5 Å². The predicted molar refractivity (Wildman–Crippen MR) is 93.9 cm³/mol. The fraction of sp³-hybridized carbons (Fsp3) is 0.316. The van der Waals surface area contributed by atoms with Crippen molar-refractivity contribution in [2.24, 2.45) is 0 Å². The smallest absolute Gasteiger partial charge is 0.319 e. The minimum Gasteiger partial charge on any atom is -0.388 e. The van der Waals surface area contributed by atoms with E-state index in [0.29, 0.717) is 31.7 Å². The van der Waals surface area contributed by atoms with Gasteiger partial charge in [0, 0.05) is 38.3 Å². The van der Waals surface area contributed by atoms with Crippen LogP contribution in [0.5, 0.6) is 0 Å². The molecule has 1 fully saturated rings. The molecule has 126 valence electrons. The van der Waals surface area contributed by atoms with Crippen LogP contribution < -0.4 is 10.6 Å². The SMILES string of the molecule is O=C(NCC1(O)CCOCC1)Nc1ccc(-c2ccccc2)cc1. The summed E-state index contributed by atoms with van der Waals surface area (Å²) in [6.07, 6.45) is 1.08. The molecule has 0 atom stereocenters. The van der Waals surface area contributed by atoms with Crippen LogP contribution in [0.25, 0.3) is 11.1 Å². The van der Waals surface area contributed by atoms with Gasteiger partial charge in [0.1, 0.15) is 0 Å². The summed E-state index contributed by atoms with van der Waals surface area (Å²) >= 11 is 0. The largest absolute Gasteiger partial charge is 0.388 e. The summed E-state index contributed by atoms with van der Waals surface area (Å²) in [6, 6.07) is 17.4. The second-order valence-corrected chi connectivity index (χ2v) is 6.09. The van der Waals surface area contributed by atoms with E-state index >= 15 is 0 Å². The van der Waals surface area contributed by atoms with Gasteiger partial charge in [0.25, 0.3) is 0 Å². The van der Waals surface area contributed by atoms with Gasteiger partial charge in [-0.05, 0) is 23.3 Å². The van der Waals surface area contributed by atoms with Crippen molar-refractivity contribution in [3.63, 3.8) is 0 Å². The molecule has 1 saturated heterocycles. The van der Waals surface area contributed by atoms with Gasteiger partial charge in [-0.25, -0.2) is 4.79 Å².